The average Bonchev–Trinajstić information content (AvgIpc) is 2.88. The lowest BCUT2D eigenvalue weighted by Gasteiger charge is -2.28. The van der Waals surface area contributed by atoms with Crippen molar-refractivity contribution in [3.8, 4) is 0 Å². The minimum Gasteiger partial charge on any atom is -0.460 e. The predicted octanol–water partition coefficient (Wildman–Crippen LogP) is 1.99. The summed E-state index contributed by atoms with van der Waals surface area (Å²) in [5.74, 6) is 0.516. The van der Waals surface area contributed by atoms with Crippen LogP contribution < -0.4 is 0 Å². The maximum Gasteiger partial charge on any atom is 0.378 e. The van der Waals surface area contributed by atoms with Gasteiger partial charge >= 0.3 is 5.97 Å². The zero-order valence-electron chi connectivity index (χ0n) is 11.0. The van der Waals surface area contributed by atoms with Crippen molar-refractivity contribution < 1.29 is 9.53 Å². The molecule has 1 fully saturated rings. The highest BCUT2D eigenvalue weighted by atomic mass is 16.5. The van der Waals surface area contributed by atoms with Gasteiger partial charge in [0.05, 0.1) is 12.6 Å². The first-order valence-electron chi connectivity index (χ1n) is 6.71. The van der Waals surface area contributed by atoms with Gasteiger partial charge in [0.15, 0.2) is 0 Å². The van der Waals surface area contributed by atoms with Crippen molar-refractivity contribution in [1.82, 2.24) is 20.2 Å². The highest BCUT2D eigenvalue weighted by molar-refractivity contribution is 5.85. The van der Waals surface area contributed by atoms with E-state index in [-0.39, 0.29) is 11.9 Å². The average molecular weight is 252 g/mol. The van der Waals surface area contributed by atoms with Crippen LogP contribution in [0.2, 0.25) is 0 Å². The standard InChI is InChI=1S/C12H20N4O2/c1-3-9-6-5-7-10(8-9)16-11(13-14-15-16)12(17)18-4-2/h9-10H,3-8H2,1-2H3. The zero-order chi connectivity index (χ0) is 13.0. The Morgan fingerprint density at radius 2 is 2.28 bits per heavy atom. The van der Waals surface area contributed by atoms with Crippen molar-refractivity contribution in [3.63, 3.8) is 0 Å². The summed E-state index contributed by atoms with van der Waals surface area (Å²) in [5, 5.41) is 11.4. The van der Waals surface area contributed by atoms with Crippen molar-refractivity contribution >= 4 is 5.97 Å². The summed E-state index contributed by atoms with van der Waals surface area (Å²) >= 11 is 0. The smallest absolute Gasteiger partial charge is 0.378 e. The lowest BCUT2D eigenvalue weighted by atomic mass is 9.84. The Morgan fingerprint density at radius 3 is 3.00 bits per heavy atom. The van der Waals surface area contributed by atoms with Gasteiger partial charge in [0.25, 0.3) is 5.82 Å². The maximum atomic E-state index is 11.7. The molecule has 0 spiro atoms. The fourth-order valence-corrected chi connectivity index (χ4v) is 2.63. The van der Waals surface area contributed by atoms with Gasteiger partial charge < -0.3 is 4.74 Å². The topological polar surface area (TPSA) is 69.9 Å². The SMILES string of the molecule is CCOC(=O)c1nnnn1C1CCCC(CC)C1. The van der Waals surface area contributed by atoms with Crippen LogP contribution in [0, 0.1) is 5.92 Å². The summed E-state index contributed by atoms with van der Waals surface area (Å²) in [6, 6.07) is 0.234. The van der Waals surface area contributed by atoms with Crippen LogP contribution in [0.5, 0.6) is 0 Å². The van der Waals surface area contributed by atoms with Gasteiger partial charge in [-0.25, -0.2) is 9.48 Å². The van der Waals surface area contributed by atoms with E-state index >= 15 is 0 Å². The number of hydrogen-bond donors (Lipinski definition) is 0. The van der Waals surface area contributed by atoms with Crippen LogP contribution in [0.15, 0.2) is 0 Å². The molecule has 1 aliphatic rings. The molecule has 1 saturated carbocycles. The summed E-state index contributed by atoms with van der Waals surface area (Å²) in [6.45, 7) is 4.33. The molecule has 0 radical (unpaired) electrons. The van der Waals surface area contributed by atoms with E-state index in [1.165, 1.54) is 19.3 Å². The second-order valence-electron chi connectivity index (χ2n) is 4.76. The third kappa shape index (κ3) is 2.68. The largest absolute Gasteiger partial charge is 0.460 e. The van der Waals surface area contributed by atoms with Crippen molar-refractivity contribution in [2.75, 3.05) is 6.61 Å². The zero-order valence-corrected chi connectivity index (χ0v) is 11.0. The Morgan fingerprint density at radius 1 is 1.44 bits per heavy atom. The molecule has 0 aromatic carbocycles. The number of esters is 1. The monoisotopic (exact) mass is 252 g/mol. The maximum absolute atomic E-state index is 11.7. The van der Waals surface area contributed by atoms with E-state index in [1.807, 2.05) is 0 Å². The van der Waals surface area contributed by atoms with Crippen LogP contribution in [0.25, 0.3) is 0 Å². The number of ether oxygens (including phenoxy) is 1. The van der Waals surface area contributed by atoms with E-state index in [0.29, 0.717) is 12.5 Å². The van der Waals surface area contributed by atoms with Crippen LogP contribution in [0.4, 0.5) is 0 Å². The molecule has 18 heavy (non-hydrogen) atoms. The van der Waals surface area contributed by atoms with Crippen LogP contribution in [0.3, 0.4) is 0 Å². The second kappa shape index (κ2) is 5.93. The van der Waals surface area contributed by atoms with E-state index in [1.54, 1.807) is 11.6 Å². The Kier molecular flexibility index (Phi) is 4.28. The fraction of sp³-hybridized carbons (Fsp3) is 0.833. The lowest BCUT2D eigenvalue weighted by molar-refractivity contribution is 0.0497. The first-order chi connectivity index (χ1) is 8.76. The summed E-state index contributed by atoms with van der Waals surface area (Å²) in [7, 11) is 0. The number of nitrogens with zero attached hydrogens (tertiary/aromatic N) is 4. The minimum atomic E-state index is -0.430. The lowest BCUT2D eigenvalue weighted by Crippen LogP contribution is -2.24. The Bertz CT molecular complexity index is 405. The molecule has 1 aliphatic carbocycles. The molecule has 1 aromatic rings. The molecule has 6 nitrogen and oxygen atoms in total. The summed E-state index contributed by atoms with van der Waals surface area (Å²) in [6.07, 6.45) is 5.70. The molecule has 0 bridgehead atoms. The molecular weight excluding hydrogens is 232 g/mol. The molecule has 1 aromatic heterocycles. The van der Waals surface area contributed by atoms with Gasteiger partial charge in [-0.2, -0.15) is 0 Å². The van der Waals surface area contributed by atoms with Gasteiger partial charge in [-0.3, -0.25) is 0 Å². The van der Waals surface area contributed by atoms with Gasteiger partial charge in [0, 0.05) is 0 Å². The normalized spacial score (nSPS) is 23.9. The van der Waals surface area contributed by atoms with E-state index in [0.717, 1.165) is 12.8 Å². The van der Waals surface area contributed by atoms with Crippen LogP contribution in [0.1, 0.15) is 62.6 Å². The summed E-state index contributed by atoms with van der Waals surface area (Å²) in [4.78, 5) is 11.7. The van der Waals surface area contributed by atoms with Gasteiger partial charge in [-0.1, -0.05) is 26.2 Å². The van der Waals surface area contributed by atoms with Gasteiger partial charge in [-0.15, -0.1) is 5.10 Å². The first-order valence-corrected chi connectivity index (χ1v) is 6.71. The van der Waals surface area contributed by atoms with E-state index in [2.05, 4.69) is 22.4 Å². The minimum absolute atomic E-state index is 0.234. The first kappa shape index (κ1) is 13.0. The Hall–Kier alpha value is -1.46. The molecule has 0 saturated heterocycles. The molecule has 0 amide bonds. The number of hydrogen-bond acceptors (Lipinski definition) is 5. The van der Waals surface area contributed by atoms with Crippen LogP contribution in [-0.2, 0) is 4.74 Å². The number of tetrazole rings is 1. The number of carbonyl (C=O) groups excluding carboxylic acids is 1. The second-order valence-corrected chi connectivity index (χ2v) is 4.76. The number of rotatable bonds is 4. The van der Waals surface area contributed by atoms with Crippen molar-refractivity contribution in [2.45, 2.75) is 52.0 Å². The van der Waals surface area contributed by atoms with Crippen molar-refractivity contribution in [1.29, 1.82) is 0 Å². The molecule has 6 heteroatoms. The van der Waals surface area contributed by atoms with Gasteiger partial charge in [0.1, 0.15) is 0 Å². The van der Waals surface area contributed by atoms with Crippen LogP contribution in [-0.4, -0.2) is 32.8 Å². The highest BCUT2D eigenvalue weighted by Gasteiger charge is 2.27. The third-order valence-corrected chi connectivity index (χ3v) is 3.63. The van der Waals surface area contributed by atoms with Crippen LogP contribution >= 0.6 is 0 Å². The van der Waals surface area contributed by atoms with E-state index in [4.69, 9.17) is 4.74 Å². The molecular formula is C12H20N4O2. The number of aromatic nitrogens is 4. The molecule has 0 N–H and O–H groups in total. The van der Waals surface area contributed by atoms with Gasteiger partial charge in [0.2, 0.25) is 0 Å². The summed E-state index contributed by atoms with van der Waals surface area (Å²) < 4.78 is 6.62. The summed E-state index contributed by atoms with van der Waals surface area (Å²) in [5.41, 5.74) is 0. The Labute approximate surface area is 107 Å². The van der Waals surface area contributed by atoms with Gasteiger partial charge in [-0.05, 0) is 36.1 Å². The number of carbonyl (C=O) groups is 1. The fourth-order valence-electron chi connectivity index (χ4n) is 2.63. The van der Waals surface area contributed by atoms with Crippen molar-refractivity contribution in [2.24, 2.45) is 5.92 Å². The van der Waals surface area contributed by atoms with E-state index < -0.39 is 5.97 Å². The predicted molar refractivity (Wildman–Crippen MR) is 65.1 cm³/mol. The van der Waals surface area contributed by atoms with E-state index in [9.17, 15) is 4.79 Å². The molecule has 2 atom stereocenters. The third-order valence-electron chi connectivity index (χ3n) is 3.63. The molecule has 0 aliphatic heterocycles. The molecule has 2 rings (SSSR count). The quantitative estimate of drug-likeness (QED) is 0.766. The highest BCUT2D eigenvalue weighted by Crippen LogP contribution is 2.33. The molecule has 100 valence electrons. The molecule has 2 unspecified atom stereocenters. The van der Waals surface area contributed by atoms with Crippen molar-refractivity contribution in [3.05, 3.63) is 5.82 Å². The Balaban J connectivity index is 2.13. The molecule has 1 heterocycles.